The summed E-state index contributed by atoms with van der Waals surface area (Å²) in [5, 5.41) is 3.09. The van der Waals surface area contributed by atoms with Crippen LogP contribution in [0.4, 0.5) is 0 Å². The second-order valence-corrected chi connectivity index (χ2v) is 6.77. The second-order valence-electron chi connectivity index (χ2n) is 5.90. The molecule has 1 aliphatic carbocycles. The van der Waals surface area contributed by atoms with Crippen LogP contribution in [0.3, 0.4) is 0 Å². The average molecular weight is 327 g/mol. The van der Waals surface area contributed by atoms with Crippen molar-refractivity contribution in [1.82, 2.24) is 5.32 Å². The standard InChI is InChI=1S/C19H21NO2S/c1-22-17-12-15(23-2)8-9-16(17)18(21)20-13-19(10-11-19)14-6-4-3-5-7-14/h3-9,12H,10-11,13H2,1-2H3,(H,20,21). The highest BCUT2D eigenvalue weighted by Gasteiger charge is 2.44. The number of nitrogens with one attached hydrogen (secondary N) is 1. The maximum absolute atomic E-state index is 12.5. The van der Waals surface area contributed by atoms with Crippen molar-refractivity contribution in [1.29, 1.82) is 0 Å². The van der Waals surface area contributed by atoms with E-state index in [-0.39, 0.29) is 11.3 Å². The number of rotatable bonds is 6. The molecule has 0 radical (unpaired) electrons. The van der Waals surface area contributed by atoms with Gasteiger partial charge in [-0.05, 0) is 42.9 Å². The van der Waals surface area contributed by atoms with Gasteiger partial charge in [-0.2, -0.15) is 0 Å². The minimum atomic E-state index is -0.0725. The maximum atomic E-state index is 12.5. The van der Waals surface area contributed by atoms with Crippen LogP contribution < -0.4 is 10.1 Å². The molecule has 1 aliphatic rings. The van der Waals surface area contributed by atoms with Crippen molar-refractivity contribution in [3.63, 3.8) is 0 Å². The van der Waals surface area contributed by atoms with Gasteiger partial charge in [-0.1, -0.05) is 30.3 Å². The van der Waals surface area contributed by atoms with Crippen molar-refractivity contribution >= 4 is 17.7 Å². The summed E-state index contributed by atoms with van der Waals surface area (Å²) in [6.45, 7) is 0.670. The summed E-state index contributed by atoms with van der Waals surface area (Å²) in [7, 11) is 1.60. The van der Waals surface area contributed by atoms with Gasteiger partial charge in [-0.15, -0.1) is 11.8 Å². The Labute approximate surface area is 141 Å². The van der Waals surface area contributed by atoms with Gasteiger partial charge in [0, 0.05) is 16.9 Å². The fourth-order valence-corrected chi connectivity index (χ4v) is 3.27. The molecule has 2 aromatic rings. The number of carbonyl (C=O) groups excluding carboxylic acids is 1. The first kappa shape index (κ1) is 15.9. The highest BCUT2D eigenvalue weighted by atomic mass is 32.2. The lowest BCUT2D eigenvalue weighted by Gasteiger charge is -2.17. The van der Waals surface area contributed by atoms with E-state index in [1.165, 1.54) is 5.56 Å². The third-order valence-corrected chi connectivity index (χ3v) is 5.21. The van der Waals surface area contributed by atoms with Gasteiger partial charge in [0.15, 0.2) is 0 Å². The number of hydrogen-bond donors (Lipinski definition) is 1. The third-order valence-electron chi connectivity index (χ3n) is 4.48. The zero-order chi connectivity index (χ0) is 16.3. The van der Waals surface area contributed by atoms with Crippen LogP contribution in [0.1, 0.15) is 28.8 Å². The Kier molecular flexibility index (Phi) is 4.62. The zero-order valence-electron chi connectivity index (χ0n) is 13.5. The van der Waals surface area contributed by atoms with Crippen LogP contribution in [-0.2, 0) is 5.41 Å². The fraction of sp³-hybridized carbons (Fsp3) is 0.316. The van der Waals surface area contributed by atoms with Crippen LogP contribution in [0.2, 0.25) is 0 Å². The van der Waals surface area contributed by atoms with Crippen molar-refractivity contribution in [3.8, 4) is 5.75 Å². The molecule has 1 amide bonds. The smallest absolute Gasteiger partial charge is 0.255 e. The Balaban J connectivity index is 1.71. The van der Waals surface area contributed by atoms with E-state index in [4.69, 9.17) is 4.74 Å². The highest BCUT2D eigenvalue weighted by molar-refractivity contribution is 7.98. The molecule has 4 heteroatoms. The van der Waals surface area contributed by atoms with Crippen molar-refractivity contribution in [2.75, 3.05) is 19.9 Å². The minimum absolute atomic E-state index is 0.0725. The molecule has 0 aromatic heterocycles. The number of carbonyl (C=O) groups is 1. The lowest BCUT2D eigenvalue weighted by atomic mass is 9.96. The van der Waals surface area contributed by atoms with E-state index in [0.717, 1.165) is 17.7 Å². The summed E-state index contributed by atoms with van der Waals surface area (Å²) in [4.78, 5) is 13.6. The maximum Gasteiger partial charge on any atom is 0.255 e. The molecule has 120 valence electrons. The molecule has 1 fully saturated rings. The number of benzene rings is 2. The first-order chi connectivity index (χ1) is 11.2. The lowest BCUT2D eigenvalue weighted by molar-refractivity contribution is 0.0946. The Hall–Kier alpha value is -1.94. The number of ether oxygens (including phenoxy) is 1. The van der Waals surface area contributed by atoms with Gasteiger partial charge in [0.25, 0.3) is 5.91 Å². The van der Waals surface area contributed by atoms with E-state index < -0.39 is 0 Å². The average Bonchev–Trinajstić information content (AvgIpc) is 3.41. The number of thioether (sulfide) groups is 1. The molecule has 3 rings (SSSR count). The Morgan fingerprint density at radius 1 is 1.22 bits per heavy atom. The van der Waals surface area contributed by atoms with Crippen molar-refractivity contribution in [2.24, 2.45) is 0 Å². The number of methoxy groups -OCH3 is 1. The Morgan fingerprint density at radius 2 is 1.96 bits per heavy atom. The van der Waals surface area contributed by atoms with E-state index in [1.54, 1.807) is 18.9 Å². The summed E-state index contributed by atoms with van der Waals surface area (Å²) in [6.07, 6.45) is 4.25. The largest absolute Gasteiger partial charge is 0.496 e. The van der Waals surface area contributed by atoms with Crippen LogP contribution in [0.5, 0.6) is 5.75 Å². The zero-order valence-corrected chi connectivity index (χ0v) is 14.3. The fourth-order valence-electron chi connectivity index (χ4n) is 2.84. The molecule has 1 saturated carbocycles. The van der Waals surface area contributed by atoms with Crippen molar-refractivity contribution in [2.45, 2.75) is 23.2 Å². The van der Waals surface area contributed by atoms with Gasteiger partial charge >= 0.3 is 0 Å². The molecule has 0 spiro atoms. The molecule has 0 heterocycles. The van der Waals surface area contributed by atoms with Crippen LogP contribution in [0.25, 0.3) is 0 Å². The van der Waals surface area contributed by atoms with Crippen LogP contribution in [-0.4, -0.2) is 25.8 Å². The van der Waals surface area contributed by atoms with E-state index >= 15 is 0 Å². The van der Waals surface area contributed by atoms with Gasteiger partial charge in [-0.3, -0.25) is 4.79 Å². The second kappa shape index (κ2) is 6.67. The molecule has 3 nitrogen and oxygen atoms in total. The first-order valence-corrected chi connectivity index (χ1v) is 8.97. The molecule has 0 aliphatic heterocycles. The van der Waals surface area contributed by atoms with E-state index in [2.05, 4.69) is 29.6 Å². The van der Waals surface area contributed by atoms with E-state index in [0.29, 0.717) is 17.9 Å². The molecule has 0 bridgehead atoms. The summed E-state index contributed by atoms with van der Waals surface area (Å²) in [5.74, 6) is 0.551. The minimum Gasteiger partial charge on any atom is -0.496 e. The topological polar surface area (TPSA) is 38.3 Å². The first-order valence-electron chi connectivity index (χ1n) is 7.74. The third kappa shape index (κ3) is 3.37. The Morgan fingerprint density at radius 3 is 2.57 bits per heavy atom. The summed E-state index contributed by atoms with van der Waals surface area (Å²) in [5.41, 5.74) is 2.02. The molecule has 0 atom stereocenters. The monoisotopic (exact) mass is 327 g/mol. The van der Waals surface area contributed by atoms with Gasteiger partial charge in [-0.25, -0.2) is 0 Å². The van der Waals surface area contributed by atoms with Crippen LogP contribution in [0.15, 0.2) is 53.4 Å². The lowest BCUT2D eigenvalue weighted by Crippen LogP contribution is -2.32. The predicted molar refractivity (Wildman–Crippen MR) is 94.5 cm³/mol. The molecule has 0 unspecified atom stereocenters. The quantitative estimate of drug-likeness (QED) is 0.818. The predicted octanol–water partition coefficient (Wildman–Crippen LogP) is 3.88. The summed E-state index contributed by atoms with van der Waals surface area (Å²) >= 11 is 1.63. The van der Waals surface area contributed by atoms with Gasteiger partial charge in [0.2, 0.25) is 0 Å². The SMILES string of the molecule is COc1cc(SC)ccc1C(=O)NCC1(c2ccccc2)CC1. The van der Waals surface area contributed by atoms with Crippen molar-refractivity contribution < 1.29 is 9.53 Å². The molecule has 1 N–H and O–H groups in total. The molecule has 23 heavy (non-hydrogen) atoms. The van der Waals surface area contributed by atoms with E-state index in [1.807, 2.05) is 30.5 Å². The molecule has 0 saturated heterocycles. The Bertz CT molecular complexity index is 696. The van der Waals surface area contributed by atoms with Gasteiger partial charge in [0.05, 0.1) is 12.7 Å². The van der Waals surface area contributed by atoms with Crippen molar-refractivity contribution in [3.05, 3.63) is 59.7 Å². The highest BCUT2D eigenvalue weighted by Crippen LogP contribution is 2.47. The molecular weight excluding hydrogens is 306 g/mol. The normalized spacial score (nSPS) is 15.0. The summed E-state index contributed by atoms with van der Waals surface area (Å²) < 4.78 is 5.37. The van der Waals surface area contributed by atoms with Crippen LogP contribution in [0, 0.1) is 0 Å². The molecular formula is C19H21NO2S. The van der Waals surface area contributed by atoms with Gasteiger partial charge < -0.3 is 10.1 Å². The van der Waals surface area contributed by atoms with E-state index in [9.17, 15) is 4.79 Å². The van der Waals surface area contributed by atoms with Gasteiger partial charge in [0.1, 0.15) is 5.75 Å². The summed E-state index contributed by atoms with van der Waals surface area (Å²) in [6, 6.07) is 16.1. The number of hydrogen-bond acceptors (Lipinski definition) is 3. The van der Waals surface area contributed by atoms with Crippen LogP contribution >= 0.6 is 11.8 Å². The number of amides is 1. The molecule has 2 aromatic carbocycles.